The molecule has 1 fully saturated rings. The molecule has 3 heteroatoms. The summed E-state index contributed by atoms with van der Waals surface area (Å²) in [6.07, 6.45) is 7.12. The summed E-state index contributed by atoms with van der Waals surface area (Å²) in [6.45, 7) is 14.9. The van der Waals surface area contributed by atoms with Gasteiger partial charge in [-0.3, -0.25) is 0 Å². The monoisotopic (exact) mass is 272 g/mol. The van der Waals surface area contributed by atoms with Crippen molar-refractivity contribution in [1.29, 1.82) is 0 Å². The van der Waals surface area contributed by atoms with Crippen LogP contribution >= 0.6 is 0 Å². The maximum atomic E-state index is 6.57. The molecule has 0 N–H and O–H groups in total. The van der Waals surface area contributed by atoms with Crippen LogP contribution in [0.2, 0.25) is 18.1 Å². The molecular weight excluding hydrogens is 240 g/mol. The SMILES string of the molecule is CCCC[C@@H](CCC1CO1)O[Si](C)(C)C(C)(C)C. The summed E-state index contributed by atoms with van der Waals surface area (Å²) < 4.78 is 11.9. The second-order valence-corrected chi connectivity index (χ2v) is 11.9. The van der Waals surface area contributed by atoms with Crippen molar-refractivity contribution in [2.75, 3.05) is 6.61 Å². The van der Waals surface area contributed by atoms with Gasteiger partial charge >= 0.3 is 0 Å². The van der Waals surface area contributed by atoms with Crippen LogP contribution in [0.4, 0.5) is 0 Å². The number of ether oxygens (including phenoxy) is 1. The van der Waals surface area contributed by atoms with Crippen LogP contribution in [0.15, 0.2) is 0 Å². The molecule has 2 nitrogen and oxygen atoms in total. The highest BCUT2D eigenvalue weighted by Crippen LogP contribution is 2.38. The third-order valence-corrected chi connectivity index (χ3v) is 8.90. The van der Waals surface area contributed by atoms with Gasteiger partial charge in [-0.2, -0.15) is 0 Å². The Morgan fingerprint density at radius 2 is 1.89 bits per heavy atom. The Morgan fingerprint density at radius 1 is 1.28 bits per heavy atom. The predicted molar refractivity (Wildman–Crippen MR) is 80.6 cm³/mol. The van der Waals surface area contributed by atoms with Crippen LogP contribution in [0.1, 0.15) is 59.8 Å². The summed E-state index contributed by atoms with van der Waals surface area (Å²) in [5, 5.41) is 0.313. The van der Waals surface area contributed by atoms with Gasteiger partial charge in [0, 0.05) is 6.10 Å². The van der Waals surface area contributed by atoms with E-state index in [1.54, 1.807) is 0 Å². The Kier molecular flexibility index (Phi) is 5.88. The van der Waals surface area contributed by atoms with E-state index in [0.717, 1.165) is 6.61 Å². The summed E-state index contributed by atoms with van der Waals surface area (Å²) >= 11 is 0. The minimum absolute atomic E-state index is 0.313. The van der Waals surface area contributed by atoms with Crippen LogP contribution in [0.3, 0.4) is 0 Å². The normalized spacial score (nSPS) is 22.0. The molecule has 0 aromatic heterocycles. The second kappa shape index (κ2) is 6.53. The van der Waals surface area contributed by atoms with E-state index in [9.17, 15) is 0 Å². The van der Waals surface area contributed by atoms with E-state index in [2.05, 4.69) is 40.8 Å². The van der Waals surface area contributed by atoms with Crippen LogP contribution in [0.25, 0.3) is 0 Å². The topological polar surface area (TPSA) is 21.8 Å². The molecule has 0 bridgehead atoms. The fourth-order valence-electron chi connectivity index (χ4n) is 1.89. The molecule has 2 atom stereocenters. The van der Waals surface area contributed by atoms with E-state index in [0.29, 0.717) is 17.2 Å². The van der Waals surface area contributed by atoms with Crippen LogP contribution in [-0.2, 0) is 9.16 Å². The van der Waals surface area contributed by atoms with Gasteiger partial charge in [0.05, 0.1) is 12.7 Å². The van der Waals surface area contributed by atoms with Gasteiger partial charge in [0.25, 0.3) is 0 Å². The van der Waals surface area contributed by atoms with Crippen LogP contribution < -0.4 is 0 Å². The fourth-order valence-corrected chi connectivity index (χ4v) is 3.32. The van der Waals surface area contributed by atoms with Gasteiger partial charge in [0.15, 0.2) is 8.32 Å². The maximum Gasteiger partial charge on any atom is 0.192 e. The van der Waals surface area contributed by atoms with Crippen molar-refractivity contribution < 1.29 is 9.16 Å². The number of hydrogen-bond acceptors (Lipinski definition) is 2. The molecule has 0 radical (unpaired) electrons. The molecule has 1 aliphatic rings. The minimum Gasteiger partial charge on any atom is -0.414 e. The van der Waals surface area contributed by atoms with Crippen molar-refractivity contribution in [2.45, 2.75) is 90.1 Å². The lowest BCUT2D eigenvalue weighted by molar-refractivity contribution is 0.152. The molecule has 0 amide bonds. The Balaban J connectivity index is 2.46. The van der Waals surface area contributed by atoms with Gasteiger partial charge in [0.2, 0.25) is 0 Å². The van der Waals surface area contributed by atoms with Crippen LogP contribution in [0, 0.1) is 0 Å². The standard InChI is InChI=1S/C15H32O2Si/c1-7-8-9-13(10-11-14-12-16-14)17-18(5,6)15(2,3)4/h13-14H,7-12H2,1-6H3/t13-,14?/m0/s1. The van der Waals surface area contributed by atoms with Crippen molar-refractivity contribution >= 4 is 8.32 Å². The van der Waals surface area contributed by atoms with Crippen LogP contribution in [0.5, 0.6) is 0 Å². The maximum absolute atomic E-state index is 6.57. The predicted octanol–water partition coefficient (Wildman–Crippen LogP) is 4.75. The molecule has 1 saturated heterocycles. The van der Waals surface area contributed by atoms with Gasteiger partial charge in [-0.05, 0) is 37.4 Å². The Bertz CT molecular complexity index is 241. The minimum atomic E-state index is -1.61. The summed E-state index contributed by atoms with van der Waals surface area (Å²) in [6, 6.07) is 0. The van der Waals surface area contributed by atoms with E-state index in [4.69, 9.17) is 9.16 Å². The molecule has 108 valence electrons. The lowest BCUT2D eigenvalue weighted by atomic mass is 10.1. The number of rotatable bonds is 8. The average molecular weight is 273 g/mol. The lowest BCUT2D eigenvalue weighted by Gasteiger charge is -2.39. The molecule has 0 aromatic carbocycles. The van der Waals surface area contributed by atoms with Gasteiger partial charge in [-0.15, -0.1) is 0 Å². The Hall–Kier alpha value is 0.137. The molecule has 18 heavy (non-hydrogen) atoms. The van der Waals surface area contributed by atoms with Gasteiger partial charge in [-0.1, -0.05) is 40.5 Å². The Morgan fingerprint density at radius 3 is 2.33 bits per heavy atom. The smallest absolute Gasteiger partial charge is 0.192 e. The molecule has 0 saturated carbocycles. The van der Waals surface area contributed by atoms with E-state index in [1.165, 1.54) is 32.1 Å². The molecule has 1 rings (SSSR count). The molecule has 1 heterocycles. The largest absolute Gasteiger partial charge is 0.414 e. The number of unbranched alkanes of at least 4 members (excludes halogenated alkanes) is 1. The highest BCUT2D eigenvalue weighted by atomic mass is 28.4. The third-order valence-electron chi connectivity index (χ3n) is 4.36. The highest BCUT2D eigenvalue weighted by Gasteiger charge is 2.39. The van der Waals surface area contributed by atoms with Crippen molar-refractivity contribution in [3.8, 4) is 0 Å². The zero-order chi connectivity index (χ0) is 13.8. The quantitative estimate of drug-likeness (QED) is 0.470. The first-order chi connectivity index (χ1) is 8.26. The first kappa shape index (κ1) is 16.2. The van der Waals surface area contributed by atoms with Crippen LogP contribution in [-0.4, -0.2) is 27.1 Å². The molecular formula is C15H32O2Si. The van der Waals surface area contributed by atoms with E-state index >= 15 is 0 Å². The zero-order valence-corrected chi connectivity index (χ0v) is 14.2. The molecule has 1 aliphatic heterocycles. The summed E-state index contributed by atoms with van der Waals surface area (Å²) in [4.78, 5) is 0. The molecule has 0 aliphatic carbocycles. The summed E-state index contributed by atoms with van der Waals surface area (Å²) in [5.41, 5.74) is 0. The van der Waals surface area contributed by atoms with Crippen molar-refractivity contribution in [1.82, 2.24) is 0 Å². The zero-order valence-electron chi connectivity index (χ0n) is 13.2. The second-order valence-electron chi connectivity index (χ2n) is 7.18. The fraction of sp³-hybridized carbons (Fsp3) is 1.00. The van der Waals surface area contributed by atoms with Crippen molar-refractivity contribution in [3.05, 3.63) is 0 Å². The summed E-state index contributed by atoms with van der Waals surface area (Å²) in [7, 11) is -1.61. The molecule has 0 aromatic rings. The first-order valence-electron chi connectivity index (χ1n) is 7.55. The van der Waals surface area contributed by atoms with Gasteiger partial charge in [-0.25, -0.2) is 0 Å². The number of hydrogen-bond donors (Lipinski definition) is 0. The van der Waals surface area contributed by atoms with Crippen molar-refractivity contribution in [2.24, 2.45) is 0 Å². The molecule has 0 spiro atoms. The van der Waals surface area contributed by atoms with Gasteiger partial charge < -0.3 is 9.16 Å². The van der Waals surface area contributed by atoms with E-state index < -0.39 is 8.32 Å². The average Bonchev–Trinajstić information content (AvgIpc) is 3.04. The van der Waals surface area contributed by atoms with Gasteiger partial charge in [0.1, 0.15) is 0 Å². The Labute approximate surface area is 115 Å². The van der Waals surface area contributed by atoms with Crippen molar-refractivity contribution in [3.63, 3.8) is 0 Å². The molecule has 1 unspecified atom stereocenters. The van der Waals surface area contributed by atoms with E-state index in [1.807, 2.05) is 0 Å². The first-order valence-corrected chi connectivity index (χ1v) is 10.5. The number of epoxide rings is 1. The highest BCUT2D eigenvalue weighted by molar-refractivity contribution is 6.74. The van der Waals surface area contributed by atoms with E-state index in [-0.39, 0.29) is 0 Å². The lowest BCUT2D eigenvalue weighted by Crippen LogP contribution is -2.44. The summed E-state index contributed by atoms with van der Waals surface area (Å²) in [5.74, 6) is 0. The third kappa shape index (κ3) is 5.41.